The molecule has 0 saturated heterocycles. The number of aliphatic hydroxyl groups is 2. The van der Waals surface area contributed by atoms with Crippen LogP contribution in [0.5, 0.6) is 0 Å². The molecule has 0 fully saturated rings. The van der Waals surface area contributed by atoms with Crippen molar-refractivity contribution in [1.82, 2.24) is 0 Å². The van der Waals surface area contributed by atoms with Crippen LogP contribution < -0.4 is 0 Å². The number of carboxylic acid groups (broad SMARTS) is 1. The number of carbonyl (C=O) groups is 1. The first kappa shape index (κ1) is 5.81. The van der Waals surface area contributed by atoms with Gasteiger partial charge >= 0.3 is 5.97 Å². The van der Waals surface area contributed by atoms with Crippen molar-refractivity contribution in [3.63, 3.8) is 0 Å². The van der Waals surface area contributed by atoms with Gasteiger partial charge in [-0.05, 0) is 0 Å². The smallest absolute Gasteiger partial charge is 0.374 e. The molecule has 0 aromatic rings. The Hall–Kier alpha value is -1.19. The van der Waals surface area contributed by atoms with Crippen LogP contribution in [0.3, 0.4) is 0 Å². The van der Waals surface area contributed by atoms with Gasteiger partial charge in [0.25, 0.3) is 0 Å². The Balaban J connectivity index is 3.82. The summed E-state index contributed by atoms with van der Waals surface area (Å²) in [4.78, 5) is 9.45. The lowest BCUT2D eigenvalue weighted by atomic mass is 10.6. The molecule has 4 heteroatoms. The Labute approximate surface area is 39.3 Å². The number of aliphatic carboxylic acids is 1. The monoisotopic (exact) mass is 104 g/mol. The summed E-state index contributed by atoms with van der Waals surface area (Å²) in [5, 5.41) is 23.4. The van der Waals surface area contributed by atoms with Crippen molar-refractivity contribution in [2.24, 2.45) is 0 Å². The third-order valence-corrected chi connectivity index (χ3v) is 0.341. The highest BCUT2D eigenvalue weighted by atomic mass is 16.4. The quantitative estimate of drug-likeness (QED) is 0.324. The summed E-state index contributed by atoms with van der Waals surface area (Å²) >= 11 is 0. The fourth-order valence-electron chi connectivity index (χ4n) is 0.0552. The molecule has 0 aliphatic heterocycles. The molecular weight excluding hydrogens is 100 g/mol. The number of carboxylic acids is 1. The van der Waals surface area contributed by atoms with Gasteiger partial charge in [-0.15, -0.1) is 0 Å². The molecule has 7 heavy (non-hydrogen) atoms. The molecule has 0 aromatic heterocycles. The van der Waals surface area contributed by atoms with Gasteiger partial charge in [-0.25, -0.2) is 4.79 Å². The number of rotatable bonds is 1. The zero-order valence-corrected chi connectivity index (χ0v) is 3.33. The fraction of sp³-hybridized carbons (Fsp3) is 0. The maximum atomic E-state index is 9.45. The summed E-state index contributed by atoms with van der Waals surface area (Å²) in [6, 6.07) is 0. The van der Waals surface area contributed by atoms with E-state index in [1.165, 1.54) is 0 Å². The van der Waals surface area contributed by atoms with Crippen molar-refractivity contribution >= 4 is 5.97 Å². The van der Waals surface area contributed by atoms with E-state index in [4.69, 9.17) is 15.3 Å². The van der Waals surface area contributed by atoms with E-state index in [0.717, 1.165) is 0 Å². The molecule has 3 N–H and O–H groups in total. The maximum absolute atomic E-state index is 9.45. The van der Waals surface area contributed by atoms with Crippen molar-refractivity contribution in [3.8, 4) is 0 Å². The van der Waals surface area contributed by atoms with Crippen molar-refractivity contribution in [2.75, 3.05) is 0 Å². The molecule has 0 radical (unpaired) electrons. The Kier molecular flexibility index (Phi) is 1.72. The standard InChI is InChI=1S/C3H4O4/c4-1-2(5)3(6)7/h1,4-5H,(H,6,7). The Morgan fingerprint density at radius 2 is 1.86 bits per heavy atom. The zero-order chi connectivity index (χ0) is 5.86. The van der Waals surface area contributed by atoms with Gasteiger partial charge in [0, 0.05) is 0 Å². The summed E-state index contributed by atoms with van der Waals surface area (Å²) in [5.41, 5.74) is 0. The molecule has 0 spiro atoms. The van der Waals surface area contributed by atoms with Crippen LogP contribution in [-0.2, 0) is 4.79 Å². The molecule has 0 bridgehead atoms. The lowest BCUT2D eigenvalue weighted by Gasteiger charge is -1.82. The molecule has 0 aromatic carbocycles. The van der Waals surface area contributed by atoms with Gasteiger partial charge in [0.15, 0.2) is 0 Å². The summed E-state index contributed by atoms with van der Waals surface area (Å²) in [7, 11) is 0. The summed E-state index contributed by atoms with van der Waals surface area (Å²) in [5.74, 6) is -2.59. The van der Waals surface area contributed by atoms with Crippen LogP contribution in [0, 0.1) is 0 Å². The number of hydrogen-bond donors (Lipinski definition) is 3. The second-order valence-electron chi connectivity index (χ2n) is 0.819. The molecule has 0 rings (SSSR count). The van der Waals surface area contributed by atoms with Gasteiger partial charge in [-0.3, -0.25) is 0 Å². The highest BCUT2D eigenvalue weighted by Gasteiger charge is 1.99. The fourth-order valence-corrected chi connectivity index (χ4v) is 0.0552. The van der Waals surface area contributed by atoms with Crippen LogP contribution in [0.4, 0.5) is 0 Å². The Morgan fingerprint density at radius 3 is 1.86 bits per heavy atom. The van der Waals surface area contributed by atoms with Crippen LogP contribution in [0.15, 0.2) is 12.0 Å². The van der Waals surface area contributed by atoms with E-state index in [2.05, 4.69) is 0 Å². The molecule has 0 unspecified atom stereocenters. The molecule has 0 aliphatic rings. The van der Waals surface area contributed by atoms with Gasteiger partial charge in [0.05, 0.1) is 0 Å². The number of aliphatic hydroxyl groups excluding tert-OH is 2. The minimum Gasteiger partial charge on any atom is -0.511 e. The van der Waals surface area contributed by atoms with Crippen molar-refractivity contribution in [1.29, 1.82) is 0 Å². The van der Waals surface area contributed by atoms with Gasteiger partial charge in [0.2, 0.25) is 5.76 Å². The van der Waals surface area contributed by atoms with Gasteiger partial charge in [-0.1, -0.05) is 0 Å². The molecular formula is C3H4O4. The van der Waals surface area contributed by atoms with E-state index in [1.54, 1.807) is 0 Å². The van der Waals surface area contributed by atoms with Crippen molar-refractivity contribution in [3.05, 3.63) is 12.0 Å². The molecule has 0 aliphatic carbocycles. The molecule has 40 valence electrons. The lowest BCUT2D eigenvalue weighted by molar-refractivity contribution is -0.135. The van der Waals surface area contributed by atoms with Crippen LogP contribution >= 0.6 is 0 Å². The molecule has 0 heterocycles. The van der Waals surface area contributed by atoms with E-state index >= 15 is 0 Å². The Morgan fingerprint density at radius 1 is 1.43 bits per heavy atom. The molecule has 0 saturated carbocycles. The average molecular weight is 104 g/mol. The lowest BCUT2D eigenvalue weighted by Crippen LogP contribution is -1.97. The second kappa shape index (κ2) is 2.07. The van der Waals surface area contributed by atoms with Crippen LogP contribution in [0.2, 0.25) is 0 Å². The predicted octanol–water partition coefficient (Wildman–Crippen LogP) is 0.0284. The molecule has 0 amide bonds. The summed E-state index contributed by atoms with van der Waals surface area (Å²) in [6.07, 6.45) is 0.113. The minimum atomic E-state index is -1.54. The average Bonchev–Trinajstić information content (AvgIpc) is 1.65. The van der Waals surface area contributed by atoms with Crippen LogP contribution in [0.1, 0.15) is 0 Å². The van der Waals surface area contributed by atoms with Crippen molar-refractivity contribution in [2.45, 2.75) is 0 Å². The summed E-state index contributed by atoms with van der Waals surface area (Å²) < 4.78 is 0. The predicted molar refractivity (Wildman–Crippen MR) is 21.0 cm³/mol. The first-order valence-corrected chi connectivity index (χ1v) is 1.45. The van der Waals surface area contributed by atoms with Crippen molar-refractivity contribution < 1.29 is 20.1 Å². The van der Waals surface area contributed by atoms with Gasteiger partial charge < -0.3 is 15.3 Å². The van der Waals surface area contributed by atoms with E-state index in [9.17, 15) is 4.79 Å². The highest BCUT2D eigenvalue weighted by Crippen LogP contribution is 1.81. The Bertz CT molecular complexity index is 104. The van der Waals surface area contributed by atoms with Crippen LogP contribution in [0.25, 0.3) is 0 Å². The summed E-state index contributed by atoms with van der Waals surface area (Å²) in [6.45, 7) is 0. The topological polar surface area (TPSA) is 77.8 Å². The van der Waals surface area contributed by atoms with Gasteiger partial charge in [0.1, 0.15) is 6.26 Å². The van der Waals surface area contributed by atoms with Crippen LogP contribution in [-0.4, -0.2) is 21.3 Å². The third kappa shape index (κ3) is 1.64. The normalized spacial score (nSPS) is 11.1. The van der Waals surface area contributed by atoms with E-state index < -0.39 is 11.7 Å². The zero-order valence-electron chi connectivity index (χ0n) is 3.33. The maximum Gasteiger partial charge on any atom is 0.374 e. The van der Waals surface area contributed by atoms with E-state index in [-0.39, 0.29) is 6.26 Å². The van der Waals surface area contributed by atoms with E-state index in [1.807, 2.05) is 0 Å². The second-order valence-corrected chi connectivity index (χ2v) is 0.819. The van der Waals surface area contributed by atoms with E-state index in [0.29, 0.717) is 0 Å². The highest BCUT2D eigenvalue weighted by molar-refractivity contribution is 5.83. The minimum absolute atomic E-state index is 0.113. The molecule has 0 atom stereocenters. The van der Waals surface area contributed by atoms with Gasteiger partial charge in [-0.2, -0.15) is 0 Å². The SMILES string of the molecule is O=C(O)C(O)=CO. The molecule has 4 nitrogen and oxygen atoms in total. The largest absolute Gasteiger partial charge is 0.511 e. The number of hydrogen-bond acceptors (Lipinski definition) is 3. The first-order chi connectivity index (χ1) is 3.18. The first-order valence-electron chi connectivity index (χ1n) is 1.45. The third-order valence-electron chi connectivity index (χ3n) is 0.341.